The van der Waals surface area contributed by atoms with Crippen LogP contribution in [0.1, 0.15) is 32.6 Å². The number of hydrogen-bond acceptors (Lipinski definition) is 3. The minimum Gasteiger partial charge on any atom is -0.379 e. The fraction of sp³-hybridized carbons (Fsp3) is 1.00. The van der Waals surface area contributed by atoms with Gasteiger partial charge in [0.15, 0.2) is 0 Å². The van der Waals surface area contributed by atoms with E-state index in [9.17, 15) is 0 Å². The normalized spacial score (nSPS) is 19.3. The molecule has 1 aliphatic rings. The highest BCUT2D eigenvalue weighted by Gasteiger charge is 2.35. The van der Waals surface area contributed by atoms with Crippen molar-refractivity contribution in [3.63, 3.8) is 0 Å². The Morgan fingerprint density at radius 2 is 1.86 bits per heavy atom. The summed E-state index contributed by atoms with van der Waals surface area (Å²) in [5, 5.41) is 0. The van der Waals surface area contributed by atoms with Gasteiger partial charge in [0, 0.05) is 12.0 Å². The van der Waals surface area contributed by atoms with Crippen LogP contribution in [0.3, 0.4) is 0 Å². The van der Waals surface area contributed by atoms with Crippen LogP contribution in [0.25, 0.3) is 0 Å². The van der Waals surface area contributed by atoms with Crippen molar-refractivity contribution < 1.29 is 9.47 Å². The summed E-state index contributed by atoms with van der Waals surface area (Å²) >= 11 is 4.38. The number of ether oxygens (including phenoxy) is 2. The van der Waals surface area contributed by atoms with Gasteiger partial charge >= 0.3 is 0 Å². The quantitative estimate of drug-likeness (QED) is 0.498. The van der Waals surface area contributed by atoms with Gasteiger partial charge in [0.05, 0.1) is 19.8 Å². The first-order valence-electron chi connectivity index (χ1n) is 5.59. The average Bonchev–Trinajstić information content (AvgIpc) is 2.15. The van der Waals surface area contributed by atoms with E-state index in [1.165, 1.54) is 19.3 Å². The van der Waals surface area contributed by atoms with Gasteiger partial charge in [-0.3, -0.25) is 0 Å². The maximum Gasteiger partial charge on any atom is 0.0700 e. The van der Waals surface area contributed by atoms with E-state index in [4.69, 9.17) is 9.47 Å². The molecule has 0 aliphatic heterocycles. The molecular weight excluding hydrogens is 196 g/mol. The minimum absolute atomic E-state index is 0.397. The van der Waals surface area contributed by atoms with Gasteiger partial charge in [0.2, 0.25) is 0 Å². The fourth-order valence-electron chi connectivity index (χ4n) is 1.68. The Hall–Kier alpha value is 0.270. The Balaban J connectivity index is 1.92. The summed E-state index contributed by atoms with van der Waals surface area (Å²) in [7, 11) is 0. The monoisotopic (exact) mass is 218 g/mol. The van der Waals surface area contributed by atoms with Gasteiger partial charge in [0.1, 0.15) is 0 Å². The molecule has 0 spiro atoms. The van der Waals surface area contributed by atoms with Crippen molar-refractivity contribution in [2.24, 2.45) is 5.41 Å². The van der Waals surface area contributed by atoms with Gasteiger partial charge in [-0.25, -0.2) is 0 Å². The highest BCUT2D eigenvalue weighted by Crippen LogP contribution is 2.41. The summed E-state index contributed by atoms with van der Waals surface area (Å²) in [6, 6.07) is 0. The van der Waals surface area contributed by atoms with E-state index in [0.29, 0.717) is 5.41 Å². The van der Waals surface area contributed by atoms with Crippen LogP contribution >= 0.6 is 12.6 Å². The van der Waals surface area contributed by atoms with E-state index in [0.717, 1.165) is 38.6 Å². The molecule has 0 bridgehead atoms. The smallest absolute Gasteiger partial charge is 0.0700 e. The van der Waals surface area contributed by atoms with E-state index in [1.807, 2.05) is 0 Å². The average molecular weight is 218 g/mol. The lowest BCUT2D eigenvalue weighted by atomic mass is 9.71. The van der Waals surface area contributed by atoms with Gasteiger partial charge in [0.25, 0.3) is 0 Å². The molecule has 1 aliphatic carbocycles. The number of thiol groups is 1. The first kappa shape index (κ1) is 12.3. The number of hydrogen-bond donors (Lipinski definition) is 1. The molecule has 0 aromatic heterocycles. The summed E-state index contributed by atoms with van der Waals surface area (Å²) in [6.45, 7) is 5.30. The second-order valence-electron chi connectivity index (χ2n) is 4.18. The number of rotatable bonds is 8. The highest BCUT2D eigenvalue weighted by molar-refractivity contribution is 7.80. The molecular formula is C11H22O2S. The van der Waals surface area contributed by atoms with Gasteiger partial charge in [-0.2, -0.15) is 12.6 Å². The van der Waals surface area contributed by atoms with E-state index < -0.39 is 0 Å². The van der Waals surface area contributed by atoms with E-state index in [2.05, 4.69) is 19.6 Å². The van der Waals surface area contributed by atoms with E-state index in [-0.39, 0.29) is 0 Å². The van der Waals surface area contributed by atoms with Crippen LogP contribution < -0.4 is 0 Å². The molecule has 3 heteroatoms. The van der Waals surface area contributed by atoms with Crippen LogP contribution in [-0.2, 0) is 9.47 Å². The van der Waals surface area contributed by atoms with Gasteiger partial charge < -0.3 is 9.47 Å². The molecule has 0 unspecified atom stereocenters. The molecule has 2 nitrogen and oxygen atoms in total. The van der Waals surface area contributed by atoms with Crippen molar-refractivity contribution in [2.75, 3.05) is 32.2 Å². The molecule has 1 saturated carbocycles. The fourth-order valence-corrected chi connectivity index (χ4v) is 2.09. The maximum absolute atomic E-state index is 5.60. The summed E-state index contributed by atoms with van der Waals surface area (Å²) in [6.07, 6.45) is 5.00. The second kappa shape index (κ2) is 6.70. The van der Waals surface area contributed by atoms with Crippen molar-refractivity contribution in [3.05, 3.63) is 0 Å². The SMILES string of the molecule is CCCOCCOCC1(CS)CCC1. The Morgan fingerprint density at radius 3 is 2.36 bits per heavy atom. The topological polar surface area (TPSA) is 18.5 Å². The largest absolute Gasteiger partial charge is 0.379 e. The van der Waals surface area contributed by atoms with E-state index >= 15 is 0 Å². The standard InChI is InChI=1S/C11H22O2S/c1-2-6-12-7-8-13-9-11(10-14)4-3-5-11/h14H,2-10H2,1H3. The highest BCUT2D eigenvalue weighted by atomic mass is 32.1. The zero-order valence-corrected chi connectivity index (χ0v) is 10.0. The molecule has 0 saturated heterocycles. The molecule has 84 valence electrons. The second-order valence-corrected chi connectivity index (χ2v) is 4.49. The Morgan fingerprint density at radius 1 is 1.14 bits per heavy atom. The van der Waals surface area contributed by atoms with Crippen LogP contribution in [0.2, 0.25) is 0 Å². The minimum atomic E-state index is 0.397. The molecule has 0 N–H and O–H groups in total. The van der Waals surface area contributed by atoms with Gasteiger partial charge in [-0.05, 0) is 25.0 Å². The van der Waals surface area contributed by atoms with Crippen molar-refractivity contribution in [1.82, 2.24) is 0 Å². The summed E-state index contributed by atoms with van der Waals surface area (Å²) in [5.41, 5.74) is 0.397. The molecule has 1 rings (SSSR count). The zero-order chi connectivity index (χ0) is 10.3. The lowest BCUT2D eigenvalue weighted by molar-refractivity contribution is -0.0159. The molecule has 0 radical (unpaired) electrons. The lowest BCUT2D eigenvalue weighted by Crippen LogP contribution is -2.36. The Labute approximate surface area is 92.8 Å². The molecule has 0 amide bonds. The van der Waals surface area contributed by atoms with Crippen molar-refractivity contribution in [2.45, 2.75) is 32.6 Å². The molecule has 1 fully saturated rings. The Bertz CT molecular complexity index is 141. The molecule has 14 heavy (non-hydrogen) atoms. The van der Waals surface area contributed by atoms with E-state index in [1.54, 1.807) is 0 Å². The van der Waals surface area contributed by atoms with Crippen molar-refractivity contribution in [3.8, 4) is 0 Å². The third-order valence-corrected chi connectivity index (χ3v) is 3.55. The predicted molar refractivity (Wildman–Crippen MR) is 62.1 cm³/mol. The van der Waals surface area contributed by atoms with Crippen LogP contribution in [-0.4, -0.2) is 32.2 Å². The van der Waals surface area contributed by atoms with Crippen LogP contribution in [0.5, 0.6) is 0 Å². The first-order chi connectivity index (χ1) is 6.83. The van der Waals surface area contributed by atoms with Gasteiger partial charge in [-0.1, -0.05) is 13.3 Å². The zero-order valence-electron chi connectivity index (χ0n) is 9.13. The third kappa shape index (κ3) is 3.79. The summed E-state index contributed by atoms with van der Waals surface area (Å²) in [4.78, 5) is 0. The van der Waals surface area contributed by atoms with Crippen molar-refractivity contribution in [1.29, 1.82) is 0 Å². The molecule has 0 atom stereocenters. The van der Waals surface area contributed by atoms with Crippen LogP contribution in [0.15, 0.2) is 0 Å². The molecule has 0 aromatic rings. The predicted octanol–water partition coefficient (Wildman–Crippen LogP) is 2.53. The summed E-state index contributed by atoms with van der Waals surface area (Å²) in [5.74, 6) is 0.961. The first-order valence-corrected chi connectivity index (χ1v) is 6.22. The lowest BCUT2D eigenvalue weighted by Gasteiger charge is -2.40. The van der Waals surface area contributed by atoms with Crippen LogP contribution in [0.4, 0.5) is 0 Å². The maximum atomic E-state index is 5.60. The Kier molecular flexibility index (Phi) is 5.90. The van der Waals surface area contributed by atoms with Gasteiger partial charge in [-0.15, -0.1) is 0 Å². The third-order valence-electron chi connectivity index (χ3n) is 2.88. The van der Waals surface area contributed by atoms with Crippen molar-refractivity contribution >= 4 is 12.6 Å². The molecule has 0 aromatic carbocycles. The van der Waals surface area contributed by atoms with Crippen LogP contribution in [0, 0.1) is 5.41 Å². The molecule has 0 heterocycles. The summed E-state index contributed by atoms with van der Waals surface area (Å²) < 4.78 is 10.9.